The molecule has 2 aromatic heterocycles. The molecular weight excluding hydrogens is 833 g/mol. The lowest BCUT2D eigenvalue weighted by atomic mass is 9.86. The minimum atomic E-state index is -2.10. The Morgan fingerprint density at radius 2 is 0.828 bits per heavy atom. The second-order valence-corrected chi connectivity index (χ2v) is 32.7. The zero-order valence-corrected chi connectivity index (χ0v) is 42.6. The van der Waals surface area contributed by atoms with E-state index in [0.717, 1.165) is 21.5 Å². The second-order valence-electron chi connectivity index (χ2n) is 22.1. The number of hydrogen-bond donors (Lipinski definition) is 6. The Morgan fingerprint density at radius 3 is 1.12 bits per heavy atom. The molecule has 0 saturated carbocycles. The van der Waals surface area contributed by atoms with E-state index in [4.69, 9.17) is 0 Å². The van der Waals surface area contributed by atoms with Crippen molar-refractivity contribution in [2.75, 3.05) is 10.6 Å². The van der Waals surface area contributed by atoms with Crippen LogP contribution in [0, 0.1) is 0 Å². The molecule has 2 heterocycles. The number of anilines is 2. The van der Waals surface area contributed by atoms with E-state index in [1.54, 1.807) is 48.5 Å². The molecule has 6 rings (SSSR count). The van der Waals surface area contributed by atoms with Crippen molar-refractivity contribution in [3.63, 3.8) is 0 Å². The average molecular weight is 901 g/mol. The summed E-state index contributed by atoms with van der Waals surface area (Å²) in [6, 6.07) is 21.6. The Balaban J connectivity index is 0.000000241. The summed E-state index contributed by atoms with van der Waals surface area (Å²) in [5.41, 5.74) is 3.15. The van der Waals surface area contributed by atoms with Gasteiger partial charge in [-0.15, -0.1) is 0 Å². The summed E-state index contributed by atoms with van der Waals surface area (Å²) < 4.78 is 0. The minimum Gasteiger partial charge on any atom is -0.508 e. The number of aromatic hydroxyl groups is 2. The molecule has 0 fully saturated rings. The third-order valence-corrected chi connectivity index (χ3v) is 24.6. The number of fused-ring (bicyclic) bond motifs is 2. The van der Waals surface area contributed by atoms with Crippen LogP contribution < -0.4 is 31.9 Å². The normalized spacial score (nSPS) is 12.8. The monoisotopic (exact) mass is 900 g/mol. The summed E-state index contributed by atoms with van der Waals surface area (Å²) in [4.78, 5) is 58.3. The molecule has 340 valence electrons. The number of para-hydroxylation sites is 2. The molecule has 10 nitrogen and oxygen atoms in total. The fraction of sp³-hybridized carbons (Fsp3) is 0.385. The summed E-state index contributed by atoms with van der Waals surface area (Å²) in [5.74, 6) is -0.690. The number of carbonyl (C=O) groups excluding carboxylic acids is 2. The van der Waals surface area contributed by atoms with Crippen LogP contribution >= 0.6 is 0 Å². The Kier molecular flexibility index (Phi) is 13.4. The van der Waals surface area contributed by atoms with Gasteiger partial charge in [-0.2, -0.15) is 0 Å². The van der Waals surface area contributed by atoms with Gasteiger partial charge in [0.05, 0.1) is 16.1 Å². The number of hydrogen-bond acceptors (Lipinski definition) is 6. The Labute approximate surface area is 380 Å². The fourth-order valence-electron chi connectivity index (χ4n) is 7.48. The maximum Gasteiger partial charge on any atom is 0.261 e. The lowest BCUT2D eigenvalue weighted by Crippen LogP contribution is -2.51. The molecule has 6 N–H and O–H groups in total. The second kappa shape index (κ2) is 17.3. The van der Waals surface area contributed by atoms with E-state index >= 15 is 0 Å². The van der Waals surface area contributed by atoms with Crippen LogP contribution in [-0.4, -0.2) is 48.1 Å². The van der Waals surface area contributed by atoms with Gasteiger partial charge in [0.25, 0.3) is 11.8 Å². The lowest BCUT2D eigenvalue weighted by Gasteiger charge is -2.39. The van der Waals surface area contributed by atoms with Crippen LogP contribution in [0.3, 0.4) is 0 Å². The van der Waals surface area contributed by atoms with E-state index in [-0.39, 0.29) is 54.4 Å². The highest BCUT2D eigenvalue weighted by Crippen LogP contribution is 2.42. The van der Waals surface area contributed by atoms with Crippen LogP contribution in [0.15, 0.2) is 94.8 Å². The number of aromatic amines is 2. The van der Waals surface area contributed by atoms with E-state index in [1.165, 1.54) is 12.4 Å². The smallest absolute Gasteiger partial charge is 0.261 e. The van der Waals surface area contributed by atoms with Crippen LogP contribution in [0.2, 0.25) is 36.3 Å². The maximum absolute atomic E-state index is 13.2. The van der Waals surface area contributed by atoms with Crippen molar-refractivity contribution >= 4 is 71.5 Å². The van der Waals surface area contributed by atoms with Crippen molar-refractivity contribution in [2.45, 2.75) is 130 Å². The minimum absolute atomic E-state index is 0.0129. The van der Waals surface area contributed by atoms with Crippen LogP contribution in [0.25, 0.3) is 21.8 Å². The van der Waals surface area contributed by atoms with Crippen LogP contribution in [-0.2, 0) is 10.8 Å². The van der Waals surface area contributed by atoms with E-state index in [0.29, 0.717) is 33.2 Å². The number of phenols is 2. The third-order valence-electron chi connectivity index (χ3n) is 13.5. The predicted molar refractivity (Wildman–Crippen MR) is 272 cm³/mol. The quantitative estimate of drug-likeness (QED) is 0.0911. The zero-order valence-electron chi connectivity index (χ0n) is 40.6. The van der Waals surface area contributed by atoms with Crippen molar-refractivity contribution < 1.29 is 19.8 Å². The van der Waals surface area contributed by atoms with Gasteiger partial charge in [-0.1, -0.05) is 146 Å². The summed E-state index contributed by atoms with van der Waals surface area (Å²) >= 11 is 0. The molecular formula is C52H68N4O6Si2. The van der Waals surface area contributed by atoms with Gasteiger partial charge in [0.15, 0.2) is 0 Å². The molecule has 0 aliphatic rings. The predicted octanol–water partition coefficient (Wildman–Crippen LogP) is 11.0. The molecule has 0 unspecified atom stereocenters. The van der Waals surface area contributed by atoms with Crippen LogP contribution in [0.4, 0.5) is 11.4 Å². The average Bonchev–Trinajstić information content (AvgIpc) is 3.16. The summed E-state index contributed by atoms with van der Waals surface area (Å²) in [7, 11) is -4.19. The van der Waals surface area contributed by atoms with Crippen molar-refractivity contribution in [3.05, 3.63) is 128 Å². The SMILES string of the molecule is CC(C)(C)c1cc([Si](C)(C)C(C)(C)C)c(NC(=O)c2c[nH]c3ccccc3c2=O)cc1O.CC(C)(C)c1cc([Si](C)(C)C(C)(C)C)c(NC(=O)c2c[nH]c3ccccc3c2=O)cc1O. The number of nitrogens with one attached hydrogen (secondary N) is 4. The number of H-pyrrole nitrogens is 2. The van der Waals surface area contributed by atoms with Crippen LogP contribution in [0.5, 0.6) is 11.5 Å². The van der Waals surface area contributed by atoms with E-state index in [2.05, 4.69) is 130 Å². The molecule has 64 heavy (non-hydrogen) atoms. The topological polar surface area (TPSA) is 164 Å². The van der Waals surface area contributed by atoms with Gasteiger partial charge < -0.3 is 30.8 Å². The largest absolute Gasteiger partial charge is 0.508 e. The zero-order chi connectivity index (χ0) is 48.1. The molecule has 0 radical (unpaired) electrons. The molecule has 0 saturated heterocycles. The molecule has 0 bridgehead atoms. The van der Waals surface area contributed by atoms with Crippen molar-refractivity contribution in [1.82, 2.24) is 9.97 Å². The lowest BCUT2D eigenvalue weighted by molar-refractivity contribution is 0.101. The number of benzene rings is 4. The van der Waals surface area contributed by atoms with E-state index in [1.807, 2.05) is 24.3 Å². The Morgan fingerprint density at radius 1 is 0.516 bits per heavy atom. The maximum atomic E-state index is 13.2. The van der Waals surface area contributed by atoms with Crippen LogP contribution in [0.1, 0.15) is 115 Å². The molecule has 0 spiro atoms. The Hall–Kier alpha value is -5.73. The van der Waals surface area contributed by atoms with Crippen molar-refractivity contribution in [3.8, 4) is 11.5 Å². The third kappa shape index (κ3) is 9.83. The molecule has 0 atom stereocenters. The van der Waals surface area contributed by atoms with Gasteiger partial charge in [-0.25, -0.2) is 0 Å². The molecule has 6 aromatic rings. The number of phenolic OH excluding ortho intramolecular Hbond substituents is 2. The summed E-state index contributed by atoms with van der Waals surface area (Å²) in [5, 5.41) is 30.6. The van der Waals surface area contributed by atoms with Gasteiger partial charge >= 0.3 is 0 Å². The first-order chi connectivity index (χ1) is 29.3. The summed E-state index contributed by atoms with van der Waals surface area (Å²) in [6.45, 7) is 34.7. The first kappa shape index (κ1) is 49.3. The molecule has 12 heteroatoms. The fourth-order valence-corrected chi connectivity index (χ4v) is 11.7. The highest BCUT2D eigenvalue weighted by Gasteiger charge is 2.41. The standard InChI is InChI=1S/2C26H34N2O3Si/c2*1-25(2,3)18-13-22(32(7,8)26(4,5)6)20(14-21(18)29)28-24(31)17-15-27-19-12-10-9-11-16(19)23(17)30/h2*9-15,29H,1-8H3,(H,27,30)(H,28,31). The number of aromatic nitrogens is 2. The molecule has 2 amide bonds. The van der Waals surface area contributed by atoms with Crippen molar-refractivity contribution in [1.29, 1.82) is 0 Å². The molecule has 0 aliphatic carbocycles. The molecule has 0 aliphatic heterocycles. The number of carbonyl (C=O) groups is 2. The number of rotatable bonds is 6. The van der Waals surface area contributed by atoms with Gasteiger partial charge in [-0.3, -0.25) is 19.2 Å². The van der Waals surface area contributed by atoms with Gasteiger partial charge in [0.1, 0.15) is 22.6 Å². The van der Waals surface area contributed by atoms with Gasteiger partial charge in [-0.05, 0) is 66.7 Å². The van der Waals surface area contributed by atoms with E-state index < -0.39 is 28.0 Å². The number of pyridine rings is 2. The van der Waals surface area contributed by atoms with Crippen molar-refractivity contribution in [2.24, 2.45) is 0 Å². The van der Waals surface area contributed by atoms with E-state index in [9.17, 15) is 29.4 Å². The van der Waals surface area contributed by atoms with Gasteiger partial charge in [0, 0.05) is 57.7 Å². The number of amides is 2. The highest BCUT2D eigenvalue weighted by molar-refractivity contribution is 6.93. The molecule has 4 aromatic carbocycles. The first-order valence-corrected chi connectivity index (χ1v) is 27.9. The first-order valence-electron chi connectivity index (χ1n) is 21.9. The highest BCUT2D eigenvalue weighted by atomic mass is 28.3. The van der Waals surface area contributed by atoms with Gasteiger partial charge in [0.2, 0.25) is 10.9 Å². The Bertz CT molecular complexity index is 2690. The summed E-state index contributed by atoms with van der Waals surface area (Å²) in [6.07, 6.45) is 2.91.